The highest BCUT2D eigenvalue weighted by atomic mass is 79.9. The first-order valence-corrected chi connectivity index (χ1v) is 6.73. The van der Waals surface area contributed by atoms with Crippen LogP contribution in [0.1, 0.15) is 0 Å². The molecule has 1 aromatic carbocycles. The number of benzene rings is 1. The standard InChI is InChI=1S/C14H12BrN2/c15-6-9-17-8-5-11-3-4-12-2-1-7-16-14(12)13(11)10-17/h1-5,7-8,10H,6,9H2/q+1. The topological polar surface area (TPSA) is 16.8 Å². The van der Waals surface area contributed by atoms with Gasteiger partial charge in [-0.3, -0.25) is 4.98 Å². The Morgan fingerprint density at radius 3 is 2.88 bits per heavy atom. The molecule has 84 valence electrons. The van der Waals surface area contributed by atoms with Crippen molar-refractivity contribution in [3.8, 4) is 0 Å². The van der Waals surface area contributed by atoms with E-state index in [1.54, 1.807) is 0 Å². The Kier molecular flexibility index (Phi) is 2.77. The molecular weight excluding hydrogens is 276 g/mol. The van der Waals surface area contributed by atoms with Crippen LogP contribution in [0.15, 0.2) is 48.9 Å². The molecule has 0 aliphatic heterocycles. The lowest BCUT2D eigenvalue weighted by molar-refractivity contribution is -0.690. The van der Waals surface area contributed by atoms with Crippen molar-refractivity contribution in [1.82, 2.24) is 4.98 Å². The van der Waals surface area contributed by atoms with Crippen molar-refractivity contribution in [1.29, 1.82) is 0 Å². The quantitative estimate of drug-likeness (QED) is 0.402. The summed E-state index contributed by atoms with van der Waals surface area (Å²) in [6.07, 6.45) is 6.13. The molecule has 3 rings (SSSR count). The maximum Gasteiger partial charge on any atom is 0.178 e. The van der Waals surface area contributed by atoms with E-state index in [-0.39, 0.29) is 0 Å². The van der Waals surface area contributed by atoms with Gasteiger partial charge in [0.2, 0.25) is 0 Å². The first-order chi connectivity index (χ1) is 8.38. The van der Waals surface area contributed by atoms with Crippen LogP contribution in [0.3, 0.4) is 0 Å². The van der Waals surface area contributed by atoms with E-state index in [0.29, 0.717) is 0 Å². The van der Waals surface area contributed by atoms with Crippen LogP contribution in [0.5, 0.6) is 0 Å². The maximum absolute atomic E-state index is 4.49. The van der Waals surface area contributed by atoms with Gasteiger partial charge < -0.3 is 0 Å². The predicted molar refractivity (Wildman–Crippen MR) is 73.2 cm³/mol. The Morgan fingerprint density at radius 1 is 1.12 bits per heavy atom. The number of hydrogen-bond acceptors (Lipinski definition) is 1. The van der Waals surface area contributed by atoms with Gasteiger partial charge in [0.05, 0.1) is 16.2 Å². The van der Waals surface area contributed by atoms with Gasteiger partial charge in [-0.15, -0.1) is 0 Å². The number of rotatable bonds is 2. The minimum absolute atomic E-state index is 0.960. The SMILES string of the molecule is BrCC[n+]1ccc2ccc3cccnc3c2c1. The molecule has 0 bridgehead atoms. The summed E-state index contributed by atoms with van der Waals surface area (Å²) in [7, 11) is 0. The minimum Gasteiger partial charge on any atom is -0.255 e. The van der Waals surface area contributed by atoms with E-state index in [1.165, 1.54) is 16.2 Å². The molecule has 0 saturated heterocycles. The molecule has 0 amide bonds. The van der Waals surface area contributed by atoms with E-state index in [1.807, 2.05) is 12.3 Å². The summed E-state index contributed by atoms with van der Waals surface area (Å²) >= 11 is 3.46. The smallest absolute Gasteiger partial charge is 0.178 e. The van der Waals surface area contributed by atoms with Crippen molar-refractivity contribution in [3.63, 3.8) is 0 Å². The lowest BCUT2D eigenvalue weighted by atomic mass is 10.1. The summed E-state index contributed by atoms with van der Waals surface area (Å²) in [5, 5.41) is 4.60. The summed E-state index contributed by atoms with van der Waals surface area (Å²) in [4.78, 5) is 4.49. The van der Waals surface area contributed by atoms with Crippen LogP contribution >= 0.6 is 15.9 Å². The van der Waals surface area contributed by atoms with Crippen molar-refractivity contribution in [2.75, 3.05) is 5.33 Å². The number of alkyl halides is 1. The molecule has 2 heterocycles. The number of pyridine rings is 2. The first kappa shape index (κ1) is 10.7. The second kappa shape index (κ2) is 4.41. The van der Waals surface area contributed by atoms with Gasteiger partial charge in [-0.2, -0.15) is 0 Å². The zero-order chi connectivity index (χ0) is 11.7. The Morgan fingerprint density at radius 2 is 2.00 bits per heavy atom. The molecule has 2 aromatic heterocycles. The van der Waals surface area contributed by atoms with E-state index in [4.69, 9.17) is 0 Å². The lowest BCUT2D eigenvalue weighted by Crippen LogP contribution is -2.33. The van der Waals surface area contributed by atoms with Gasteiger partial charge in [0.25, 0.3) is 0 Å². The molecule has 0 radical (unpaired) electrons. The largest absolute Gasteiger partial charge is 0.255 e. The molecule has 3 aromatic rings. The number of nitrogens with zero attached hydrogens (tertiary/aromatic N) is 2. The molecule has 2 nitrogen and oxygen atoms in total. The van der Waals surface area contributed by atoms with Gasteiger partial charge in [-0.05, 0) is 11.5 Å². The van der Waals surface area contributed by atoms with Crippen LogP contribution in [0.2, 0.25) is 0 Å². The van der Waals surface area contributed by atoms with Crippen molar-refractivity contribution in [2.24, 2.45) is 0 Å². The Labute approximate surface area is 108 Å². The van der Waals surface area contributed by atoms with Gasteiger partial charge in [-0.25, -0.2) is 4.57 Å². The van der Waals surface area contributed by atoms with Gasteiger partial charge in [0, 0.05) is 17.6 Å². The van der Waals surface area contributed by atoms with Crippen LogP contribution in [0.4, 0.5) is 0 Å². The zero-order valence-electron chi connectivity index (χ0n) is 9.31. The van der Waals surface area contributed by atoms with Crippen LogP contribution < -0.4 is 4.57 Å². The molecule has 3 heteroatoms. The number of fused-ring (bicyclic) bond motifs is 3. The highest BCUT2D eigenvalue weighted by molar-refractivity contribution is 9.09. The second-order valence-electron chi connectivity index (χ2n) is 4.02. The second-order valence-corrected chi connectivity index (χ2v) is 4.81. The highest BCUT2D eigenvalue weighted by Crippen LogP contribution is 2.21. The van der Waals surface area contributed by atoms with Gasteiger partial charge in [0.15, 0.2) is 18.9 Å². The number of aryl methyl sites for hydroxylation is 1. The monoisotopic (exact) mass is 287 g/mol. The zero-order valence-corrected chi connectivity index (χ0v) is 10.9. The molecule has 0 aliphatic carbocycles. The normalized spacial score (nSPS) is 11.1. The summed E-state index contributed by atoms with van der Waals surface area (Å²) in [5.41, 5.74) is 1.08. The Hall–Kier alpha value is -1.48. The predicted octanol–water partition coefficient (Wildman–Crippen LogP) is 3.07. The van der Waals surface area contributed by atoms with Crippen molar-refractivity contribution in [2.45, 2.75) is 6.54 Å². The molecule has 0 aliphatic rings. The summed E-state index contributed by atoms with van der Waals surface area (Å²) in [6.45, 7) is 0.971. The third-order valence-electron chi connectivity index (χ3n) is 2.93. The summed E-state index contributed by atoms with van der Waals surface area (Å²) in [5.74, 6) is 0. The summed E-state index contributed by atoms with van der Waals surface area (Å²) < 4.78 is 2.19. The molecule has 0 saturated carbocycles. The van der Waals surface area contributed by atoms with Crippen LogP contribution in [0.25, 0.3) is 21.7 Å². The average Bonchev–Trinajstić information content (AvgIpc) is 2.39. The molecule has 0 atom stereocenters. The third-order valence-corrected chi connectivity index (χ3v) is 3.29. The van der Waals surface area contributed by atoms with E-state index in [9.17, 15) is 0 Å². The average molecular weight is 288 g/mol. The summed E-state index contributed by atoms with van der Waals surface area (Å²) in [6, 6.07) is 10.5. The van der Waals surface area contributed by atoms with Crippen LogP contribution in [-0.2, 0) is 6.54 Å². The van der Waals surface area contributed by atoms with Crippen LogP contribution in [-0.4, -0.2) is 10.3 Å². The Bertz CT molecular complexity index is 679. The number of hydrogen-bond donors (Lipinski definition) is 0. The highest BCUT2D eigenvalue weighted by Gasteiger charge is 2.06. The minimum atomic E-state index is 0.960. The van der Waals surface area contributed by atoms with Crippen molar-refractivity contribution >= 4 is 37.6 Å². The molecule has 0 N–H and O–H groups in total. The van der Waals surface area contributed by atoms with E-state index in [0.717, 1.165) is 17.4 Å². The maximum atomic E-state index is 4.49. The number of aromatic nitrogens is 2. The molecule has 0 unspecified atom stereocenters. The lowest BCUT2D eigenvalue weighted by Gasteiger charge is -2.01. The van der Waals surface area contributed by atoms with Crippen molar-refractivity contribution < 1.29 is 4.57 Å². The molecule has 0 spiro atoms. The van der Waals surface area contributed by atoms with E-state index < -0.39 is 0 Å². The fourth-order valence-corrected chi connectivity index (χ4v) is 2.50. The van der Waals surface area contributed by atoms with Crippen molar-refractivity contribution in [3.05, 3.63) is 48.9 Å². The van der Waals surface area contributed by atoms with E-state index >= 15 is 0 Å². The molecule has 0 fully saturated rings. The molecular formula is C14H12BrN2+. The fraction of sp³-hybridized carbons (Fsp3) is 0.143. The first-order valence-electron chi connectivity index (χ1n) is 5.61. The molecule has 17 heavy (non-hydrogen) atoms. The van der Waals surface area contributed by atoms with Gasteiger partial charge in [-0.1, -0.05) is 34.1 Å². The number of halogens is 1. The van der Waals surface area contributed by atoms with Crippen LogP contribution in [0, 0.1) is 0 Å². The van der Waals surface area contributed by atoms with Gasteiger partial charge >= 0.3 is 0 Å². The third kappa shape index (κ3) is 1.91. The fourth-order valence-electron chi connectivity index (χ4n) is 2.09. The van der Waals surface area contributed by atoms with E-state index in [2.05, 4.69) is 62.1 Å². The van der Waals surface area contributed by atoms with Gasteiger partial charge in [0.1, 0.15) is 0 Å². The Balaban J connectivity index is 2.34.